The minimum atomic E-state index is -2.06. The molecule has 0 bridgehead atoms. The fourth-order valence-corrected chi connectivity index (χ4v) is 3.03. The van der Waals surface area contributed by atoms with Gasteiger partial charge in [0.1, 0.15) is 5.75 Å². The van der Waals surface area contributed by atoms with Crippen molar-refractivity contribution in [2.75, 3.05) is 13.7 Å². The summed E-state index contributed by atoms with van der Waals surface area (Å²) in [5.74, 6) is 1.19. The molecule has 0 heterocycles. The zero-order valence-electron chi connectivity index (χ0n) is 16.6. The first-order valence-electron chi connectivity index (χ1n) is 8.49. The molecule has 0 aliphatic rings. The van der Waals surface area contributed by atoms with E-state index in [1.807, 2.05) is 13.0 Å². The van der Waals surface area contributed by atoms with Crippen molar-refractivity contribution < 1.29 is 14.0 Å². The Hall–Kier alpha value is -2.01. The first kappa shape index (κ1) is 21.0. The van der Waals surface area contributed by atoms with Crippen LogP contribution < -0.4 is 4.74 Å². The maximum absolute atomic E-state index is 13.0. The molecule has 0 aromatic heterocycles. The van der Waals surface area contributed by atoms with Gasteiger partial charge < -0.3 is 9.16 Å². The number of carbonyl (C=O) groups is 1. The molecule has 0 radical (unpaired) electrons. The average Bonchev–Trinajstić information content (AvgIpc) is 2.56. The molecule has 25 heavy (non-hydrogen) atoms. The Labute approximate surface area is 153 Å². The highest BCUT2D eigenvalue weighted by molar-refractivity contribution is 6.74. The van der Waals surface area contributed by atoms with E-state index in [1.54, 1.807) is 42.4 Å². The lowest BCUT2D eigenvalue weighted by atomic mass is 10.2. The summed E-state index contributed by atoms with van der Waals surface area (Å²) in [6, 6.07) is 7.08. The van der Waals surface area contributed by atoms with Gasteiger partial charge in [0, 0.05) is 12.1 Å². The van der Waals surface area contributed by atoms with Crippen LogP contribution in [0.5, 0.6) is 5.75 Å². The van der Waals surface area contributed by atoms with E-state index < -0.39 is 8.32 Å². The molecular weight excluding hydrogens is 330 g/mol. The van der Waals surface area contributed by atoms with Crippen molar-refractivity contribution in [3.8, 4) is 5.75 Å². The van der Waals surface area contributed by atoms with Gasteiger partial charge in [0.15, 0.2) is 5.88 Å². The number of nitrogens with zero attached hydrogens (tertiary/aromatic N) is 1. The first-order valence-corrected chi connectivity index (χ1v) is 11.4. The van der Waals surface area contributed by atoms with Crippen LogP contribution in [0.25, 0.3) is 0 Å². The molecular formula is C20H31NO3Si. The van der Waals surface area contributed by atoms with Crippen LogP contribution in [0.3, 0.4) is 0 Å². The molecule has 1 aromatic carbocycles. The molecule has 0 saturated heterocycles. The van der Waals surface area contributed by atoms with Gasteiger partial charge >= 0.3 is 0 Å². The second-order valence-corrected chi connectivity index (χ2v) is 12.1. The summed E-state index contributed by atoms with van der Waals surface area (Å²) in [5.41, 5.74) is 0.584. The van der Waals surface area contributed by atoms with Crippen molar-refractivity contribution in [3.05, 3.63) is 54.4 Å². The zero-order valence-corrected chi connectivity index (χ0v) is 17.6. The van der Waals surface area contributed by atoms with Gasteiger partial charge in [-0.1, -0.05) is 26.8 Å². The average molecular weight is 362 g/mol. The summed E-state index contributed by atoms with van der Waals surface area (Å²) in [7, 11) is -0.456. The number of methoxy groups -OCH3 is 1. The van der Waals surface area contributed by atoms with Crippen LogP contribution in [0, 0.1) is 0 Å². The highest BCUT2D eigenvalue weighted by Crippen LogP contribution is 2.38. The molecule has 0 aliphatic heterocycles. The summed E-state index contributed by atoms with van der Waals surface area (Å²) < 4.78 is 11.5. The lowest BCUT2D eigenvalue weighted by molar-refractivity contribution is 0.0752. The third-order valence-corrected chi connectivity index (χ3v) is 8.90. The minimum Gasteiger partial charge on any atom is -0.532 e. The number of rotatable bonds is 7. The van der Waals surface area contributed by atoms with E-state index in [2.05, 4.69) is 40.4 Å². The number of amides is 1. The Morgan fingerprint density at radius 2 is 1.80 bits per heavy atom. The maximum Gasteiger partial charge on any atom is 0.260 e. The summed E-state index contributed by atoms with van der Waals surface area (Å²) >= 11 is 0. The fraction of sp³-hybridized carbons (Fsp3) is 0.450. The van der Waals surface area contributed by atoms with Gasteiger partial charge in [-0.05, 0) is 55.4 Å². The van der Waals surface area contributed by atoms with Gasteiger partial charge in [-0.25, -0.2) is 0 Å². The highest BCUT2D eigenvalue weighted by Gasteiger charge is 2.40. The summed E-state index contributed by atoms with van der Waals surface area (Å²) in [5, 5.41) is 0.0459. The number of benzene rings is 1. The largest absolute Gasteiger partial charge is 0.532 e. The van der Waals surface area contributed by atoms with Gasteiger partial charge in [-0.3, -0.25) is 9.69 Å². The third-order valence-electron chi connectivity index (χ3n) is 4.57. The normalized spacial score (nSPS) is 12.5. The van der Waals surface area contributed by atoms with Crippen molar-refractivity contribution in [1.82, 2.24) is 4.90 Å². The zero-order chi connectivity index (χ0) is 19.3. The predicted octanol–water partition coefficient (Wildman–Crippen LogP) is 5.21. The standard InChI is InChI=1S/C20H31NO3Si/c1-9-15-21(18(10-2)24-25(7,8)20(3,4)5)19(22)16-11-13-17(23-6)14-12-16/h9-14H,1,15H2,2-8H3/b18-10-. The van der Waals surface area contributed by atoms with Gasteiger partial charge in [0.25, 0.3) is 14.2 Å². The molecule has 138 valence electrons. The lowest BCUT2D eigenvalue weighted by Crippen LogP contribution is -2.44. The van der Waals surface area contributed by atoms with Crippen LogP contribution in [0.2, 0.25) is 18.1 Å². The van der Waals surface area contributed by atoms with Gasteiger partial charge in [0.05, 0.1) is 7.11 Å². The maximum atomic E-state index is 13.0. The Bertz CT molecular complexity index is 627. The SMILES string of the molecule is C=CCN(C(=O)c1ccc(OC)cc1)/C(=C/C)O[Si](C)(C)C(C)(C)C. The van der Waals surface area contributed by atoms with Crippen LogP contribution in [-0.2, 0) is 4.43 Å². The predicted molar refractivity (Wildman–Crippen MR) is 106 cm³/mol. The number of ether oxygens (including phenoxy) is 1. The molecule has 0 aliphatic carbocycles. The molecule has 1 aromatic rings. The van der Waals surface area contributed by atoms with Crippen molar-refractivity contribution >= 4 is 14.2 Å². The summed E-state index contributed by atoms with van der Waals surface area (Å²) in [6.07, 6.45) is 3.56. The van der Waals surface area contributed by atoms with Crippen LogP contribution in [0.15, 0.2) is 48.9 Å². The van der Waals surface area contributed by atoms with E-state index >= 15 is 0 Å². The minimum absolute atomic E-state index is 0.0459. The van der Waals surface area contributed by atoms with Gasteiger partial charge in [-0.2, -0.15) is 0 Å². The Balaban J connectivity index is 3.14. The van der Waals surface area contributed by atoms with Crippen molar-refractivity contribution in [1.29, 1.82) is 0 Å². The first-order chi connectivity index (χ1) is 11.6. The van der Waals surface area contributed by atoms with E-state index in [0.29, 0.717) is 18.0 Å². The Morgan fingerprint density at radius 3 is 2.20 bits per heavy atom. The molecule has 0 unspecified atom stereocenters. The molecule has 0 saturated carbocycles. The second-order valence-electron chi connectivity index (χ2n) is 7.42. The smallest absolute Gasteiger partial charge is 0.260 e. The van der Waals surface area contributed by atoms with Crippen LogP contribution in [0.1, 0.15) is 38.1 Å². The molecule has 4 nitrogen and oxygen atoms in total. The molecule has 0 atom stereocenters. The topological polar surface area (TPSA) is 38.8 Å². The Kier molecular flexibility index (Phi) is 7.05. The third kappa shape index (κ3) is 5.23. The number of allylic oxidation sites excluding steroid dienone is 1. The Morgan fingerprint density at radius 1 is 1.24 bits per heavy atom. The van der Waals surface area contributed by atoms with Crippen molar-refractivity contribution in [2.45, 2.75) is 45.8 Å². The molecule has 5 heteroatoms. The van der Waals surface area contributed by atoms with Crippen LogP contribution in [-0.4, -0.2) is 32.8 Å². The van der Waals surface area contributed by atoms with Crippen molar-refractivity contribution in [2.24, 2.45) is 0 Å². The monoisotopic (exact) mass is 361 g/mol. The van der Waals surface area contributed by atoms with Gasteiger partial charge in [0.2, 0.25) is 0 Å². The second kappa shape index (κ2) is 8.38. The number of hydrogen-bond acceptors (Lipinski definition) is 3. The summed E-state index contributed by atoms with van der Waals surface area (Å²) in [4.78, 5) is 14.6. The van der Waals surface area contributed by atoms with Gasteiger partial charge in [-0.15, -0.1) is 6.58 Å². The lowest BCUT2D eigenvalue weighted by Gasteiger charge is -2.39. The van der Waals surface area contributed by atoms with E-state index in [-0.39, 0.29) is 10.9 Å². The summed E-state index contributed by atoms with van der Waals surface area (Å²) in [6.45, 7) is 16.9. The van der Waals surface area contributed by atoms with E-state index in [9.17, 15) is 4.79 Å². The molecule has 1 amide bonds. The fourth-order valence-electron chi connectivity index (χ4n) is 1.98. The quantitative estimate of drug-likeness (QED) is 0.380. The molecule has 0 fully saturated rings. The van der Waals surface area contributed by atoms with E-state index in [0.717, 1.165) is 5.75 Å². The van der Waals surface area contributed by atoms with Crippen LogP contribution >= 0.6 is 0 Å². The highest BCUT2D eigenvalue weighted by atomic mass is 28.4. The van der Waals surface area contributed by atoms with E-state index in [4.69, 9.17) is 9.16 Å². The molecule has 0 spiro atoms. The number of hydrogen-bond donors (Lipinski definition) is 0. The molecule has 0 N–H and O–H groups in total. The molecule has 1 rings (SSSR count). The number of carbonyl (C=O) groups excluding carboxylic acids is 1. The van der Waals surface area contributed by atoms with Crippen molar-refractivity contribution in [3.63, 3.8) is 0 Å². The van der Waals surface area contributed by atoms with E-state index in [1.165, 1.54) is 0 Å². The van der Waals surface area contributed by atoms with Crippen LogP contribution in [0.4, 0.5) is 0 Å².